The Labute approximate surface area is 154 Å². The maximum atomic E-state index is 5.61. The highest BCUT2D eigenvalue weighted by molar-refractivity contribution is 5.57. The number of aryl methyl sites for hydroxylation is 1. The predicted molar refractivity (Wildman–Crippen MR) is 102 cm³/mol. The smallest absolute Gasteiger partial charge is 0.247 e. The third kappa shape index (κ3) is 3.51. The van der Waals surface area contributed by atoms with Crippen LogP contribution >= 0.6 is 0 Å². The standard InChI is InChI=1S/C20H27N5O/c1-20(2,3)15-5-6-16-13(9-15)10-17-18(24-16)14(11-23-17)12-26-25-19-21-7-4-8-22-19/h4,7-8,10,14-15,23H,5-6,9,11-12H2,1-3H3,(H,21,22,25). The van der Waals surface area contributed by atoms with E-state index >= 15 is 0 Å². The number of pyridine rings is 1. The van der Waals surface area contributed by atoms with Gasteiger partial charge in [0.15, 0.2) is 0 Å². The van der Waals surface area contributed by atoms with Gasteiger partial charge in [0, 0.05) is 30.6 Å². The molecule has 3 heterocycles. The summed E-state index contributed by atoms with van der Waals surface area (Å²) in [5.74, 6) is 1.45. The van der Waals surface area contributed by atoms with Crippen molar-refractivity contribution in [1.82, 2.24) is 15.0 Å². The number of fused-ring (bicyclic) bond motifs is 2. The highest BCUT2D eigenvalue weighted by atomic mass is 16.6. The molecule has 1 aliphatic carbocycles. The Hall–Kier alpha value is -2.21. The minimum absolute atomic E-state index is 0.242. The summed E-state index contributed by atoms with van der Waals surface area (Å²) in [6.45, 7) is 8.43. The molecule has 0 saturated carbocycles. The fourth-order valence-electron chi connectivity index (χ4n) is 3.90. The lowest BCUT2D eigenvalue weighted by atomic mass is 9.71. The largest absolute Gasteiger partial charge is 0.383 e. The molecule has 0 spiro atoms. The van der Waals surface area contributed by atoms with E-state index in [-0.39, 0.29) is 5.92 Å². The summed E-state index contributed by atoms with van der Waals surface area (Å²) in [5.41, 5.74) is 8.16. The topological polar surface area (TPSA) is 72.0 Å². The van der Waals surface area contributed by atoms with Gasteiger partial charge in [0.2, 0.25) is 5.95 Å². The van der Waals surface area contributed by atoms with E-state index in [1.165, 1.54) is 23.4 Å². The number of hydrogen-bond acceptors (Lipinski definition) is 6. The molecule has 4 rings (SSSR count). The third-order valence-corrected chi connectivity index (χ3v) is 5.58. The number of anilines is 2. The normalized spacial score (nSPS) is 21.7. The van der Waals surface area contributed by atoms with Gasteiger partial charge < -0.3 is 5.32 Å². The van der Waals surface area contributed by atoms with Crippen LogP contribution in [0, 0.1) is 11.3 Å². The molecule has 2 unspecified atom stereocenters. The van der Waals surface area contributed by atoms with Gasteiger partial charge in [-0.25, -0.2) is 15.4 Å². The maximum Gasteiger partial charge on any atom is 0.247 e. The summed E-state index contributed by atoms with van der Waals surface area (Å²) in [6, 6.07) is 4.10. The summed E-state index contributed by atoms with van der Waals surface area (Å²) >= 11 is 0. The van der Waals surface area contributed by atoms with Gasteiger partial charge in [-0.2, -0.15) is 0 Å². The van der Waals surface area contributed by atoms with Gasteiger partial charge in [-0.3, -0.25) is 9.82 Å². The second-order valence-electron chi connectivity index (χ2n) is 8.40. The Morgan fingerprint density at radius 2 is 2.08 bits per heavy atom. The van der Waals surface area contributed by atoms with Gasteiger partial charge in [-0.15, -0.1) is 0 Å². The molecule has 6 nitrogen and oxygen atoms in total. The fourth-order valence-corrected chi connectivity index (χ4v) is 3.90. The molecule has 2 aliphatic rings. The minimum Gasteiger partial charge on any atom is -0.383 e. The van der Waals surface area contributed by atoms with Gasteiger partial charge in [0.25, 0.3) is 0 Å². The van der Waals surface area contributed by atoms with Crippen molar-refractivity contribution in [2.75, 3.05) is 23.9 Å². The molecule has 0 saturated heterocycles. The molecule has 0 bridgehead atoms. The van der Waals surface area contributed by atoms with Crippen LogP contribution in [0.2, 0.25) is 0 Å². The number of rotatable bonds is 4. The monoisotopic (exact) mass is 353 g/mol. The minimum atomic E-state index is 0.242. The van der Waals surface area contributed by atoms with Crippen molar-refractivity contribution >= 4 is 11.6 Å². The molecular formula is C20H27N5O. The first kappa shape index (κ1) is 17.2. The van der Waals surface area contributed by atoms with Crippen molar-refractivity contribution in [3.8, 4) is 0 Å². The Kier molecular flexibility index (Phi) is 4.53. The van der Waals surface area contributed by atoms with E-state index in [9.17, 15) is 0 Å². The van der Waals surface area contributed by atoms with Gasteiger partial charge in [0.05, 0.1) is 18.0 Å². The highest BCUT2D eigenvalue weighted by Gasteiger charge is 2.32. The number of nitrogens with zero attached hydrogens (tertiary/aromatic N) is 3. The van der Waals surface area contributed by atoms with Gasteiger partial charge in [-0.05, 0) is 48.3 Å². The molecule has 2 atom stereocenters. The molecule has 0 fully saturated rings. The molecule has 26 heavy (non-hydrogen) atoms. The summed E-state index contributed by atoms with van der Waals surface area (Å²) in [5, 5.41) is 3.50. The molecule has 0 amide bonds. The van der Waals surface area contributed by atoms with Crippen LogP contribution in [0.5, 0.6) is 0 Å². The quantitative estimate of drug-likeness (QED) is 0.819. The van der Waals surface area contributed by atoms with E-state index in [0.717, 1.165) is 31.0 Å². The van der Waals surface area contributed by atoms with Crippen molar-refractivity contribution in [3.05, 3.63) is 41.5 Å². The SMILES string of the molecule is CC(C)(C)C1CCc2nc3c(cc2C1)NCC3CONc1ncccn1. The van der Waals surface area contributed by atoms with Gasteiger partial charge in [0.1, 0.15) is 0 Å². The van der Waals surface area contributed by atoms with Crippen molar-refractivity contribution in [1.29, 1.82) is 0 Å². The zero-order valence-corrected chi connectivity index (χ0v) is 15.7. The van der Waals surface area contributed by atoms with Crippen LogP contribution in [0.4, 0.5) is 11.6 Å². The Bertz CT molecular complexity index is 772. The lowest BCUT2D eigenvalue weighted by Crippen LogP contribution is -2.27. The van der Waals surface area contributed by atoms with Crippen LogP contribution in [-0.2, 0) is 17.7 Å². The number of nitrogens with one attached hydrogen (secondary N) is 2. The van der Waals surface area contributed by atoms with Crippen molar-refractivity contribution < 1.29 is 4.84 Å². The molecular weight excluding hydrogens is 326 g/mol. The molecule has 6 heteroatoms. The summed E-state index contributed by atoms with van der Waals surface area (Å²) < 4.78 is 0. The van der Waals surface area contributed by atoms with Gasteiger partial charge in [-0.1, -0.05) is 20.8 Å². The molecule has 0 radical (unpaired) electrons. The third-order valence-electron chi connectivity index (χ3n) is 5.58. The molecule has 138 valence electrons. The molecule has 0 aromatic carbocycles. The fraction of sp³-hybridized carbons (Fsp3) is 0.550. The first-order valence-corrected chi connectivity index (χ1v) is 9.42. The van der Waals surface area contributed by atoms with Crippen LogP contribution in [0.3, 0.4) is 0 Å². The van der Waals surface area contributed by atoms with E-state index in [4.69, 9.17) is 9.82 Å². The van der Waals surface area contributed by atoms with Crippen LogP contribution < -0.4 is 10.8 Å². The van der Waals surface area contributed by atoms with Gasteiger partial charge >= 0.3 is 0 Å². The van der Waals surface area contributed by atoms with E-state index < -0.39 is 0 Å². The van der Waals surface area contributed by atoms with E-state index in [0.29, 0.717) is 18.0 Å². The van der Waals surface area contributed by atoms with Crippen LogP contribution in [0.15, 0.2) is 24.5 Å². The molecule has 2 aromatic rings. The zero-order valence-electron chi connectivity index (χ0n) is 15.7. The summed E-state index contributed by atoms with van der Waals surface area (Å²) in [7, 11) is 0. The Morgan fingerprint density at radius 3 is 2.85 bits per heavy atom. The van der Waals surface area contributed by atoms with Crippen molar-refractivity contribution in [3.63, 3.8) is 0 Å². The Balaban J connectivity index is 1.43. The first-order chi connectivity index (χ1) is 12.5. The average Bonchev–Trinajstić information content (AvgIpc) is 3.01. The predicted octanol–water partition coefficient (Wildman–Crippen LogP) is 3.58. The lowest BCUT2D eigenvalue weighted by molar-refractivity contribution is 0.176. The van der Waals surface area contributed by atoms with E-state index in [1.807, 2.05) is 0 Å². The second-order valence-corrected chi connectivity index (χ2v) is 8.40. The lowest BCUT2D eigenvalue weighted by Gasteiger charge is -2.34. The van der Waals surface area contributed by atoms with Crippen LogP contribution in [0.1, 0.15) is 50.1 Å². The summed E-state index contributed by atoms with van der Waals surface area (Å²) in [4.78, 5) is 18.8. The van der Waals surface area contributed by atoms with Crippen molar-refractivity contribution in [2.45, 2.75) is 46.0 Å². The molecule has 1 aliphatic heterocycles. The number of aromatic nitrogens is 3. The van der Waals surface area contributed by atoms with Crippen LogP contribution in [0.25, 0.3) is 0 Å². The van der Waals surface area contributed by atoms with Crippen molar-refractivity contribution in [2.24, 2.45) is 11.3 Å². The van der Waals surface area contributed by atoms with E-state index in [2.05, 4.69) is 47.6 Å². The number of hydrogen-bond donors (Lipinski definition) is 2. The van der Waals surface area contributed by atoms with Crippen LogP contribution in [-0.4, -0.2) is 28.1 Å². The zero-order chi connectivity index (χ0) is 18.1. The first-order valence-electron chi connectivity index (χ1n) is 9.42. The van der Waals surface area contributed by atoms with E-state index in [1.54, 1.807) is 18.5 Å². The Morgan fingerprint density at radius 1 is 1.27 bits per heavy atom. The molecule has 2 aromatic heterocycles. The maximum absolute atomic E-state index is 5.61. The average molecular weight is 353 g/mol. The molecule has 2 N–H and O–H groups in total. The summed E-state index contributed by atoms with van der Waals surface area (Å²) in [6.07, 6.45) is 6.81. The highest BCUT2D eigenvalue weighted by Crippen LogP contribution is 2.40. The second kappa shape index (κ2) is 6.83.